The Morgan fingerprint density at radius 2 is 2.06 bits per heavy atom. The number of ether oxygens (including phenoxy) is 2. The summed E-state index contributed by atoms with van der Waals surface area (Å²) in [5, 5.41) is 2.73. The van der Waals surface area contributed by atoms with Gasteiger partial charge >= 0.3 is 6.09 Å². The first-order valence-electron chi connectivity index (χ1n) is 5.28. The van der Waals surface area contributed by atoms with Crippen LogP contribution in [0.4, 0.5) is 4.79 Å². The fraction of sp³-hybridized carbons (Fsp3) is 0.417. The van der Waals surface area contributed by atoms with E-state index in [1.54, 1.807) is 19.2 Å². The van der Waals surface area contributed by atoms with E-state index in [2.05, 4.69) is 5.32 Å². The van der Waals surface area contributed by atoms with Crippen LogP contribution in [0.5, 0.6) is 5.75 Å². The maximum Gasteiger partial charge on any atom is 0.412 e. The van der Waals surface area contributed by atoms with Crippen LogP contribution in [-0.4, -0.2) is 25.9 Å². The Hall–Kier alpha value is -1.55. The molecule has 1 atom stereocenters. The summed E-state index contributed by atoms with van der Waals surface area (Å²) in [5.41, 5.74) is 0. The lowest BCUT2D eigenvalue weighted by molar-refractivity contribution is 0.152. The highest BCUT2D eigenvalue weighted by Gasteiger charge is 2.11. The molecule has 0 saturated heterocycles. The van der Waals surface area contributed by atoms with Gasteiger partial charge in [-0.3, -0.25) is 0 Å². The van der Waals surface area contributed by atoms with E-state index in [-0.39, 0.29) is 6.04 Å². The van der Waals surface area contributed by atoms with Crippen molar-refractivity contribution in [3.8, 4) is 5.75 Å². The van der Waals surface area contributed by atoms with E-state index in [0.29, 0.717) is 12.4 Å². The second kappa shape index (κ2) is 6.85. The summed E-state index contributed by atoms with van der Waals surface area (Å²) in [5.74, 6) is 0.535. The predicted molar refractivity (Wildman–Crippen MR) is 61.6 cm³/mol. The van der Waals surface area contributed by atoms with Gasteiger partial charge in [-0.1, -0.05) is 25.1 Å². The highest BCUT2D eigenvalue weighted by Crippen LogP contribution is 2.08. The minimum atomic E-state index is -0.449. The van der Waals surface area contributed by atoms with E-state index in [1.165, 1.54) is 0 Å². The van der Waals surface area contributed by atoms with Crippen molar-refractivity contribution < 1.29 is 14.3 Å². The van der Waals surface area contributed by atoms with Gasteiger partial charge in [0, 0.05) is 7.11 Å². The largest absolute Gasteiger partial charge is 0.412 e. The fourth-order valence-electron chi connectivity index (χ4n) is 1.25. The summed E-state index contributed by atoms with van der Waals surface area (Å²) in [4.78, 5) is 11.5. The molecule has 0 fully saturated rings. The molecule has 0 aliphatic heterocycles. The molecule has 0 aliphatic carbocycles. The van der Waals surface area contributed by atoms with Crippen LogP contribution in [-0.2, 0) is 4.74 Å². The van der Waals surface area contributed by atoms with Crippen molar-refractivity contribution in [1.29, 1.82) is 0 Å². The zero-order chi connectivity index (χ0) is 11.8. The summed E-state index contributed by atoms with van der Waals surface area (Å²) in [6, 6.07) is 8.95. The Labute approximate surface area is 95.6 Å². The van der Waals surface area contributed by atoms with E-state index >= 15 is 0 Å². The molecular weight excluding hydrogens is 206 g/mol. The Balaban J connectivity index is 2.41. The average Bonchev–Trinajstić information content (AvgIpc) is 2.29. The molecule has 0 spiro atoms. The van der Waals surface area contributed by atoms with Crippen molar-refractivity contribution in [3.63, 3.8) is 0 Å². The second-order valence-corrected chi connectivity index (χ2v) is 3.41. The van der Waals surface area contributed by atoms with Crippen molar-refractivity contribution >= 4 is 6.09 Å². The molecule has 0 saturated carbocycles. The highest BCUT2D eigenvalue weighted by molar-refractivity contribution is 5.70. The Bertz CT molecular complexity index is 313. The van der Waals surface area contributed by atoms with Crippen LogP contribution in [0.25, 0.3) is 0 Å². The molecule has 0 heterocycles. The van der Waals surface area contributed by atoms with Gasteiger partial charge in [0.1, 0.15) is 5.75 Å². The lowest BCUT2D eigenvalue weighted by Crippen LogP contribution is -2.39. The standard InChI is InChI=1S/C12H17NO3/c1-3-10(9-15-2)13-12(14)16-11-7-5-4-6-8-11/h4-8,10H,3,9H2,1-2H3,(H,13,14). The van der Waals surface area contributed by atoms with Crippen LogP contribution < -0.4 is 10.1 Å². The molecular formula is C12H17NO3. The summed E-state index contributed by atoms with van der Waals surface area (Å²) < 4.78 is 10.1. The van der Waals surface area contributed by atoms with Crippen molar-refractivity contribution in [3.05, 3.63) is 30.3 Å². The number of hydrogen-bond acceptors (Lipinski definition) is 3. The number of carbonyl (C=O) groups is 1. The molecule has 1 rings (SSSR count). The lowest BCUT2D eigenvalue weighted by atomic mass is 10.2. The number of benzene rings is 1. The SMILES string of the molecule is CCC(COC)NC(=O)Oc1ccccc1. The first kappa shape index (κ1) is 12.5. The third-order valence-electron chi connectivity index (χ3n) is 2.14. The smallest absolute Gasteiger partial charge is 0.410 e. The number of hydrogen-bond donors (Lipinski definition) is 1. The molecule has 1 amide bonds. The van der Waals surface area contributed by atoms with E-state index in [1.807, 2.05) is 25.1 Å². The van der Waals surface area contributed by atoms with Gasteiger partial charge in [-0.05, 0) is 18.6 Å². The Morgan fingerprint density at radius 1 is 1.38 bits per heavy atom. The molecule has 1 aromatic carbocycles. The Kier molecular flexibility index (Phi) is 5.36. The van der Waals surface area contributed by atoms with Gasteiger partial charge in [-0.2, -0.15) is 0 Å². The topological polar surface area (TPSA) is 47.6 Å². The molecule has 4 nitrogen and oxygen atoms in total. The molecule has 0 aromatic heterocycles. The zero-order valence-electron chi connectivity index (χ0n) is 9.60. The number of methoxy groups -OCH3 is 1. The summed E-state index contributed by atoms with van der Waals surface area (Å²) >= 11 is 0. The van der Waals surface area contributed by atoms with Crippen LogP contribution in [0.3, 0.4) is 0 Å². The third kappa shape index (κ3) is 4.31. The number of amides is 1. The normalized spacial score (nSPS) is 11.9. The van der Waals surface area contributed by atoms with Gasteiger partial charge < -0.3 is 14.8 Å². The van der Waals surface area contributed by atoms with Gasteiger partial charge in [0.05, 0.1) is 12.6 Å². The third-order valence-corrected chi connectivity index (χ3v) is 2.14. The predicted octanol–water partition coefficient (Wildman–Crippen LogP) is 2.20. The van der Waals surface area contributed by atoms with E-state index < -0.39 is 6.09 Å². The van der Waals surface area contributed by atoms with Gasteiger partial charge in [-0.25, -0.2) is 4.79 Å². The number of para-hydroxylation sites is 1. The second-order valence-electron chi connectivity index (χ2n) is 3.41. The van der Waals surface area contributed by atoms with Crippen LogP contribution in [0.15, 0.2) is 30.3 Å². The van der Waals surface area contributed by atoms with Crippen LogP contribution in [0, 0.1) is 0 Å². The molecule has 4 heteroatoms. The Morgan fingerprint density at radius 3 is 2.62 bits per heavy atom. The van der Waals surface area contributed by atoms with Crippen LogP contribution >= 0.6 is 0 Å². The van der Waals surface area contributed by atoms with Crippen molar-refractivity contribution in [2.45, 2.75) is 19.4 Å². The quantitative estimate of drug-likeness (QED) is 0.832. The first-order chi connectivity index (χ1) is 7.76. The minimum Gasteiger partial charge on any atom is -0.410 e. The van der Waals surface area contributed by atoms with E-state index in [4.69, 9.17) is 9.47 Å². The highest BCUT2D eigenvalue weighted by atomic mass is 16.6. The number of rotatable bonds is 5. The van der Waals surface area contributed by atoms with Crippen molar-refractivity contribution in [2.75, 3.05) is 13.7 Å². The summed E-state index contributed by atoms with van der Waals surface area (Å²) in [6.45, 7) is 2.47. The van der Waals surface area contributed by atoms with E-state index in [9.17, 15) is 4.79 Å². The van der Waals surface area contributed by atoms with Gasteiger partial charge in [0.15, 0.2) is 0 Å². The summed E-state index contributed by atoms with van der Waals surface area (Å²) in [7, 11) is 1.60. The monoisotopic (exact) mass is 223 g/mol. The molecule has 16 heavy (non-hydrogen) atoms. The molecule has 1 N–H and O–H groups in total. The molecule has 88 valence electrons. The molecule has 0 aliphatic rings. The van der Waals surface area contributed by atoms with Crippen LogP contribution in [0.1, 0.15) is 13.3 Å². The van der Waals surface area contributed by atoms with Crippen molar-refractivity contribution in [2.24, 2.45) is 0 Å². The average molecular weight is 223 g/mol. The molecule has 1 unspecified atom stereocenters. The first-order valence-corrected chi connectivity index (χ1v) is 5.28. The van der Waals surface area contributed by atoms with Gasteiger partial charge in [-0.15, -0.1) is 0 Å². The van der Waals surface area contributed by atoms with E-state index in [0.717, 1.165) is 6.42 Å². The van der Waals surface area contributed by atoms with Crippen molar-refractivity contribution in [1.82, 2.24) is 5.32 Å². The lowest BCUT2D eigenvalue weighted by Gasteiger charge is -2.15. The number of carbonyl (C=O) groups excluding carboxylic acids is 1. The minimum absolute atomic E-state index is 0.0128. The number of nitrogens with one attached hydrogen (secondary N) is 1. The fourth-order valence-corrected chi connectivity index (χ4v) is 1.25. The maximum absolute atomic E-state index is 11.5. The molecule has 0 bridgehead atoms. The van der Waals surface area contributed by atoms with Gasteiger partial charge in [0.25, 0.3) is 0 Å². The van der Waals surface area contributed by atoms with Gasteiger partial charge in [0.2, 0.25) is 0 Å². The molecule has 0 radical (unpaired) electrons. The summed E-state index contributed by atoms with van der Waals surface area (Å²) in [6.07, 6.45) is 0.354. The zero-order valence-corrected chi connectivity index (χ0v) is 9.60. The molecule has 1 aromatic rings. The van der Waals surface area contributed by atoms with Crippen LogP contribution in [0.2, 0.25) is 0 Å². The maximum atomic E-state index is 11.5.